The first-order valence-corrected chi connectivity index (χ1v) is 8.61. The molecule has 124 valence electrons. The van der Waals surface area contributed by atoms with E-state index in [-0.39, 0.29) is 12.0 Å². The highest BCUT2D eigenvalue weighted by atomic mass is 16.5. The first kappa shape index (κ1) is 15.2. The molecule has 2 aliphatic rings. The summed E-state index contributed by atoms with van der Waals surface area (Å²) < 4.78 is 5.91. The van der Waals surface area contributed by atoms with Gasteiger partial charge < -0.3 is 15.4 Å². The van der Waals surface area contributed by atoms with Crippen LogP contribution in [0.4, 0.5) is 11.4 Å². The predicted octanol–water partition coefficient (Wildman–Crippen LogP) is 3.25. The molecule has 0 saturated heterocycles. The third-order valence-corrected chi connectivity index (χ3v) is 5.04. The highest BCUT2D eigenvalue weighted by Gasteiger charge is 2.28. The lowest BCUT2D eigenvalue weighted by molar-refractivity contribution is -0.122. The summed E-state index contributed by atoms with van der Waals surface area (Å²) in [5.41, 5.74) is 11.4. The molecule has 0 fully saturated rings. The quantitative estimate of drug-likeness (QED) is 0.864. The Kier molecular flexibility index (Phi) is 3.98. The van der Waals surface area contributed by atoms with Crippen LogP contribution >= 0.6 is 0 Å². The molecule has 0 bridgehead atoms. The van der Waals surface area contributed by atoms with Crippen molar-refractivity contribution < 1.29 is 9.53 Å². The van der Waals surface area contributed by atoms with Crippen LogP contribution < -0.4 is 10.6 Å². The van der Waals surface area contributed by atoms with Gasteiger partial charge in [0.1, 0.15) is 0 Å². The van der Waals surface area contributed by atoms with Crippen molar-refractivity contribution in [1.82, 2.24) is 0 Å². The maximum atomic E-state index is 13.0. The number of rotatable bonds is 2. The molecule has 1 amide bonds. The van der Waals surface area contributed by atoms with E-state index in [0.717, 1.165) is 48.3 Å². The third-order valence-electron chi connectivity index (χ3n) is 5.04. The van der Waals surface area contributed by atoms with Crippen LogP contribution in [0.1, 0.15) is 35.6 Å². The molecule has 0 aliphatic carbocycles. The van der Waals surface area contributed by atoms with Crippen molar-refractivity contribution in [3.8, 4) is 0 Å². The number of fused-ring (bicyclic) bond motifs is 2. The average molecular weight is 322 g/mol. The van der Waals surface area contributed by atoms with Gasteiger partial charge in [0.2, 0.25) is 5.91 Å². The molecule has 2 N–H and O–H groups in total. The molecule has 24 heavy (non-hydrogen) atoms. The number of anilines is 2. The van der Waals surface area contributed by atoms with Gasteiger partial charge in [0.05, 0.1) is 19.1 Å². The lowest BCUT2D eigenvalue weighted by Gasteiger charge is -2.32. The third kappa shape index (κ3) is 2.67. The lowest BCUT2D eigenvalue weighted by atomic mass is 9.94. The fourth-order valence-electron chi connectivity index (χ4n) is 3.83. The minimum atomic E-state index is -0.145. The lowest BCUT2D eigenvalue weighted by Crippen LogP contribution is -2.37. The summed E-state index contributed by atoms with van der Waals surface area (Å²) in [6, 6.07) is 14.1. The second kappa shape index (κ2) is 6.29. The smallest absolute Gasteiger partial charge is 0.229 e. The molecule has 0 spiro atoms. The molecule has 0 aromatic heterocycles. The number of carbonyl (C=O) groups is 1. The summed E-state index contributed by atoms with van der Waals surface area (Å²) in [5, 5.41) is 0. The second-order valence-corrected chi connectivity index (χ2v) is 6.51. The first-order valence-electron chi connectivity index (χ1n) is 8.61. The van der Waals surface area contributed by atoms with Crippen LogP contribution in [0.15, 0.2) is 42.5 Å². The van der Waals surface area contributed by atoms with Gasteiger partial charge in [-0.3, -0.25) is 4.79 Å². The number of ether oxygens (including phenoxy) is 1. The molecular weight excluding hydrogens is 300 g/mol. The summed E-state index contributed by atoms with van der Waals surface area (Å²) >= 11 is 0. The van der Waals surface area contributed by atoms with Crippen LogP contribution in [0, 0.1) is 0 Å². The zero-order valence-electron chi connectivity index (χ0n) is 13.7. The van der Waals surface area contributed by atoms with Crippen molar-refractivity contribution in [2.75, 3.05) is 23.8 Å². The van der Waals surface area contributed by atoms with Gasteiger partial charge >= 0.3 is 0 Å². The van der Waals surface area contributed by atoms with Gasteiger partial charge in [-0.25, -0.2) is 0 Å². The Hall–Kier alpha value is -2.33. The van der Waals surface area contributed by atoms with Gasteiger partial charge in [-0.05, 0) is 48.1 Å². The summed E-state index contributed by atoms with van der Waals surface area (Å²) in [6.45, 7) is 1.43. The molecule has 2 aromatic rings. The summed E-state index contributed by atoms with van der Waals surface area (Å²) in [5.74, 6) is 0.114. The fourth-order valence-corrected chi connectivity index (χ4v) is 3.83. The summed E-state index contributed by atoms with van der Waals surface area (Å²) in [6.07, 6.45) is 3.05. The molecule has 0 saturated carbocycles. The normalized spacial score (nSPS) is 19.5. The summed E-state index contributed by atoms with van der Waals surface area (Å²) in [7, 11) is 0. The Morgan fingerprint density at radius 3 is 2.96 bits per heavy atom. The minimum Gasteiger partial charge on any atom is -0.398 e. The van der Waals surface area contributed by atoms with Crippen molar-refractivity contribution in [3.63, 3.8) is 0 Å². The van der Waals surface area contributed by atoms with Crippen LogP contribution in [0.3, 0.4) is 0 Å². The van der Waals surface area contributed by atoms with Crippen molar-refractivity contribution >= 4 is 17.3 Å². The number of benzene rings is 2. The van der Waals surface area contributed by atoms with Crippen molar-refractivity contribution in [3.05, 3.63) is 59.2 Å². The molecule has 4 heteroatoms. The Labute approximate surface area is 142 Å². The molecule has 2 heterocycles. The van der Waals surface area contributed by atoms with Gasteiger partial charge in [-0.15, -0.1) is 0 Å². The van der Waals surface area contributed by atoms with Crippen LogP contribution in [-0.2, 0) is 22.4 Å². The van der Waals surface area contributed by atoms with E-state index in [9.17, 15) is 4.79 Å². The van der Waals surface area contributed by atoms with Crippen LogP contribution in [-0.4, -0.2) is 19.1 Å². The highest BCUT2D eigenvalue weighted by molar-refractivity contribution is 5.95. The molecular formula is C20H22N2O2. The Morgan fingerprint density at radius 1 is 1.17 bits per heavy atom. The predicted molar refractivity (Wildman–Crippen MR) is 95.0 cm³/mol. The van der Waals surface area contributed by atoms with Crippen LogP contribution in [0.5, 0.6) is 0 Å². The number of amides is 1. The first-order chi connectivity index (χ1) is 11.7. The Bertz CT molecular complexity index is 772. The van der Waals surface area contributed by atoms with E-state index in [1.54, 1.807) is 0 Å². The number of nitrogens with zero attached hydrogens (tertiary/aromatic N) is 1. The van der Waals surface area contributed by atoms with Crippen molar-refractivity contribution in [2.45, 2.75) is 31.8 Å². The van der Waals surface area contributed by atoms with Crippen LogP contribution in [0.25, 0.3) is 0 Å². The molecule has 0 radical (unpaired) electrons. The average Bonchev–Trinajstić information content (AvgIpc) is 2.62. The molecule has 2 aliphatic heterocycles. The number of nitrogen functional groups attached to an aromatic ring is 1. The fraction of sp³-hybridized carbons (Fsp3) is 0.350. The van der Waals surface area contributed by atoms with Gasteiger partial charge in [0, 0.05) is 17.9 Å². The maximum Gasteiger partial charge on any atom is 0.229 e. The largest absolute Gasteiger partial charge is 0.398 e. The second-order valence-electron chi connectivity index (χ2n) is 6.51. The Morgan fingerprint density at radius 2 is 2.04 bits per heavy atom. The van der Waals surface area contributed by atoms with Crippen molar-refractivity contribution in [1.29, 1.82) is 0 Å². The minimum absolute atomic E-state index is 0.114. The molecule has 2 aromatic carbocycles. The van der Waals surface area contributed by atoms with E-state index in [2.05, 4.69) is 12.1 Å². The highest BCUT2D eigenvalue weighted by Crippen LogP contribution is 2.34. The number of hydrogen-bond donors (Lipinski definition) is 1. The van der Waals surface area contributed by atoms with Gasteiger partial charge in [0.25, 0.3) is 0 Å². The van der Waals surface area contributed by atoms with Crippen LogP contribution in [0.2, 0.25) is 0 Å². The van der Waals surface area contributed by atoms with Crippen molar-refractivity contribution in [2.24, 2.45) is 0 Å². The van der Waals surface area contributed by atoms with E-state index in [1.807, 2.05) is 35.2 Å². The molecule has 4 rings (SSSR count). The zero-order valence-corrected chi connectivity index (χ0v) is 13.7. The number of hydrogen-bond acceptors (Lipinski definition) is 3. The van der Waals surface area contributed by atoms with E-state index in [0.29, 0.717) is 13.0 Å². The zero-order chi connectivity index (χ0) is 16.5. The molecule has 1 atom stereocenters. The topological polar surface area (TPSA) is 55.6 Å². The van der Waals surface area contributed by atoms with E-state index in [4.69, 9.17) is 10.5 Å². The Balaban J connectivity index is 1.58. The van der Waals surface area contributed by atoms with E-state index < -0.39 is 0 Å². The van der Waals surface area contributed by atoms with E-state index in [1.165, 1.54) is 5.56 Å². The molecule has 1 unspecified atom stereocenters. The number of nitrogens with two attached hydrogens (primary N) is 1. The van der Waals surface area contributed by atoms with Gasteiger partial charge in [-0.2, -0.15) is 0 Å². The monoisotopic (exact) mass is 322 g/mol. The maximum absolute atomic E-state index is 13.0. The van der Waals surface area contributed by atoms with E-state index >= 15 is 0 Å². The summed E-state index contributed by atoms with van der Waals surface area (Å²) in [4.78, 5) is 14.8. The van der Waals surface area contributed by atoms with Gasteiger partial charge in [0.15, 0.2) is 0 Å². The standard InChI is InChI=1S/C20H22N2O2/c21-17-8-3-9-18-16(17)7-4-11-22(18)20(23)13-19-15-6-2-1-5-14(15)10-12-24-19/h1-3,5-6,8-9,19H,4,7,10-13,21H2. The van der Waals surface area contributed by atoms with Gasteiger partial charge in [-0.1, -0.05) is 30.3 Å². The number of carbonyl (C=O) groups excluding carboxylic acids is 1. The molecule has 4 nitrogen and oxygen atoms in total. The SMILES string of the molecule is Nc1cccc2c1CCCN2C(=O)CC1OCCc2ccccc21.